The third-order valence-electron chi connectivity index (χ3n) is 4.30. The summed E-state index contributed by atoms with van der Waals surface area (Å²) < 4.78 is 28.1. The SMILES string of the molecule is Cn1cnc(S(=O)(=O)N2CCC(C(=O)c3ccccc3)CC2)c1Cl. The van der Waals surface area contributed by atoms with Crippen molar-refractivity contribution in [3.63, 3.8) is 0 Å². The quantitative estimate of drug-likeness (QED) is 0.777. The number of piperidine rings is 1. The minimum atomic E-state index is -3.73. The third-order valence-corrected chi connectivity index (χ3v) is 6.69. The normalized spacial score (nSPS) is 17.1. The molecule has 1 aromatic carbocycles. The Morgan fingerprint density at radius 1 is 1.21 bits per heavy atom. The summed E-state index contributed by atoms with van der Waals surface area (Å²) in [6, 6.07) is 9.10. The number of hydrogen-bond acceptors (Lipinski definition) is 4. The topological polar surface area (TPSA) is 72.3 Å². The molecule has 1 fully saturated rings. The zero-order valence-electron chi connectivity index (χ0n) is 13.2. The van der Waals surface area contributed by atoms with E-state index in [2.05, 4.69) is 4.98 Å². The van der Waals surface area contributed by atoms with Gasteiger partial charge >= 0.3 is 0 Å². The van der Waals surface area contributed by atoms with E-state index in [4.69, 9.17) is 11.6 Å². The number of carbonyl (C=O) groups is 1. The first-order valence-corrected chi connectivity index (χ1v) is 9.49. The molecule has 128 valence electrons. The minimum Gasteiger partial charge on any atom is -0.324 e. The average Bonchev–Trinajstić information content (AvgIpc) is 2.95. The molecule has 1 aromatic heterocycles. The van der Waals surface area contributed by atoms with Crippen molar-refractivity contribution >= 4 is 27.4 Å². The second-order valence-electron chi connectivity index (χ2n) is 5.86. The van der Waals surface area contributed by atoms with Crippen molar-refractivity contribution in [1.82, 2.24) is 13.9 Å². The van der Waals surface area contributed by atoms with E-state index >= 15 is 0 Å². The predicted octanol–water partition coefficient (Wildman–Crippen LogP) is 2.36. The van der Waals surface area contributed by atoms with Crippen LogP contribution in [0.2, 0.25) is 5.15 Å². The summed E-state index contributed by atoms with van der Waals surface area (Å²) in [6.07, 6.45) is 2.37. The second-order valence-corrected chi connectivity index (χ2v) is 8.07. The Morgan fingerprint density at radius 2 is 1.83 bits per heavy atom. The van der Waals surface area contributed by atoms with E-state index in [0.717, 1.165) is 0 Å². The fourth-order valence-electron chi connectivity index (χ4n) is 2.89. The number of imidazole rings is 1. The Bertz CT molecular complexity index is 841. The summed E-state index contributed by atoms with van der Waals surface area (Å²) in [5.41, 5.74) is 0.673. The molecule has 0 saturated carbocycles. The molecule has 2 aromatic rings. The van der Waals surface area contributed by atoms with Gasteiger partial charge in [-0.1, -0.05) is 41.9 Å². The molecule has 3 rings (SSSR count). The van der Waals surface area contributed by atoms with Crippen LogP contribution in [-0.4, -0.2) is 41.1 Å². The van der Waals surface area contributed by atoms with Crippen LogP contribution >= 0.6 is 11.6 Å². The van der Waals surface area contributed by atoms with Gasteiger partial charge in [-0.25, -0.2) is 13.4 Å². The molecular weight excluding hydrogens is 350 g/mol. The van der Waals surface area contributed by atoms with E-state index < -0.39 is 10.0 Å². The molecule has 0 unspecified atom stereocenters. The molecule has 1 saturated heterocycles. The summed E-state index contributed by atoms with van der Waals surface area (Å²) in [4.78, 5) is 16.4. The Kier molecular flexibility index (Phi) is 4.76. The van der Waals surface area contributed by atoms with Gasteiger partial charge in [-0.2, -0.15) is 4.31 Å². The van der Waals surface area contributed by atoms with Gasteiger partial charge in [0.1, 0.15) is 5.15 Å². The Labute approximate surface area is 146 Å². The number of carbonyl (C=O) groups excluding carboxylic acids is 1. The highest BCUT2D eigenvalue weighted by Gasteiger charge is 2.35. The summed E-state index contributed by atoms with van der Waals surface area (Å²) in [5, 5.41) is -0.0306. The lowest BCUT2D eigenvalue weighted by atomic mass is 9.90. The number of halogens is 1. The van der Waals surface area contributed by atoms with Gasteiger partial charge in [0.25, 0.3) is 10.0 Å². The minimum absolute atomic E-state index is 0.0727. The van der Waals surface area contributed by atoms with Gasteiger partial charge in [0.2, 0.25) is 5.03 Å². The molecule has 6 nitrogen and oxygen atoms in total. The van der Waals surface area contributed by atoms with E-state index in [1.165, 1.54) is 15.2 Å². The number of Topliss-reactive ketones (excluding diaryl/α,β-unsaturated/α-hetero) is 1. The maximum absolute atomic E-state index is 12.6. The van der Waals surface area contributed by atoms with E-state index in [9.17, 15) is 13.2 Å². The average molecular weight is 368 g/mol. The summed E-state index contributed by atoms with van der Waals surface area (Å²) in [7, 11) is -2.09. The van der Waals surface area contributed by atoms with E-state index in [-0.39, 0.29) is 21.9 Å². The molecule has 1 aliphatic heterocycles. The lowest BCUT2D eigenvalue weighted by Gasteiger charge is -2.30. The summed E-state index contributed by atoms with van der Waals surface area (Å²) in [5.74, 6) is -0.0819. The van der Waals surface area contributed by atoms with Gasteiger partial charge in [0.15, 0.2) is 5.78 Å². The maximum atomic E-state index is 12.6. The molecular formula is C16H18ClN3O3S. The van der Waals surface area contributed by atoms with Crippen LogP contribution in [0.4, 0.5) is 0 Å². The number of nitrogens with zero attached hydrogens (tertiary/aromatic N) is 3. The summed E-state index contributed by atoms with van der Waals surface area (Å²) >= 11 is 6.01. The van der Waals surface area contributed by atoms with Crippen LogP contribution in [-0.2, 0) is 17.1 Å². The fourth-order valence-corrected chi connectivity index (χ4v) is 4.74. The number of aromatic nitrogens is 2. The Morgan fingerprint density at radius 3 is 2.38 bits per heavy atom. The van der Waals surface area contributed by atoms with Gasteiger partial charge < -0.3 is 4.57 Å². The van der Waals surface area contributed by atoms with E-state index in [0.29, 0.717) is 31.5 Å². The number of aryl methyl sites for hydroxylation is 1. The fraction of sp³-hybridized carbons (Fsp3) is 0.375. The zero-order chi connectivity index (χ0) is 17.3. The highest BCUT2D eigenvalue weighted by molar-refractivity contribution is 7.89. The second kappa shape index (κ2) is 6.66. The number of hydrogen-bond donors (Lipinski definition) is 0. The molecule has 0 amide bonds. The highest BCUT2D eigenvalue weighted by atomic mass is 35.5. The van der Waals surface area contributed by atoms with Crippen molar-refractivity contribution in [2.24, 2.45) is 13.0 Å². The first kappa shape index (κ1) is 17.1. The molecule has 0 aliphatic carbocycles. The zero-order valence-corrected chi connectivity index (χ0v) is 14.8. The summed E-state index contributed by atoms with van der Waals surface area (Å²) in [6.45, 7) is 0.580. The van der Waals surface area contributed by atoms with Gasteiger partial charge in [0, 0.05) is 31.6 Å². The monoisotopic (exact) mass is 367 g/mol. The van der Waals surface area contributed by atoms with Crippen LogP contribution in [0.3, 0.4) is 0 Å². The molecule has 0 atom stereocenters. The molecule has 24 heavy (non-hydrogen) atoms. The smallest absolute Gasteiger partial charge is 0.263 e. The predicted molar refractivity (Wildman–Crippen MR) is 90.5 cm³/mol. The van der Waals surface area contributed by atoms with Crippen molar-refractivity contribution in [2.75, 3.05) is 13.1 Å². The highest BCUT2D eigenvalue weighted by Crippen LogP contribution is 2.28. The van der Waals surface area contributed by atoms with Gasteiger partial charge in [-0.15, -0.1) is 0 Å². The maximum Gasteiger partial charge on any atom is 0.263 e. The van der Waals surface area contributed by atoms with Crippen LogP contribution < -0.4 is 0 Å². The largest absolute Gasteiger partial charge is 0.324 e. The van der Waals surface area contributed by atoms with Crippen LogP contribution in [0.25, 0.3) is 0 Å². The van der Waals surface area contributed by atoms with Gasteiger partial charge in [0.05, 0.1) is 6.33 Å². The van der Waals surface area contributed by atoms with Gasteiger partial charge in [-0.05, 0) is 12.8 Å². The standard InChI is InChI=1S/C16H18ClN3O3S/c1-19-11-18-16(15(19)17)24(22,23)20-9-7-13(8-10-20)14(21)12-5-3-2-4-6-12/h2-6,11,13H,7-10H2,1H3. The first-order chi connectivity index (χ1) is 11.4. The lowest BCUT2D eigenvalue weighted by Crippen LogP contribution is -2.40. The van der Waals surface area contributed by atoms with Crippen molar-refractivity contribution in [2.45, 2.75) is 17.9 Å². The van der Waals surface area contributed by atoms with Gasteiger partial charge in [-0.3, -0.25) is 4.79 Å². The van der Waals surface area contributed by atoms with Crippen LogP contribution in [0.5, 0.6) is 0 Å². The first-order valence-electron chi connectivity index (χ1n) is 7.67. The van der Waals surface area contributed by atoms with Crippen LogP contribution in [0, 0.1) is 5.92 Å². The molecule has 8 heteroatoms. The van der Waals surface area contributed by atoms with E-state index in [1.54, 1.807) is 19.2 Å². The lowest BCUT2D eigenvalue weighted by molar-refractivity contribution is 0.0875. The molecule has 0 N–H and O–H groups in total. The number of benzene rings is 1. The Balaban J connectivity index is 1.71. The van der Waals surface area contributed by atoms with Crippen molar-refractivity contribution in [1.29, 1.82) is 0 Å². The van der Waals surface area contributed by atoms with E-state index in [1.807, 2.05) is 18.2 Å². The van der Waals surface area contributed by atoms with Crippen molar-refractivity contribution < 1.29 is 13.2 Å². The van der Waals surface area contributed by atoms with Crippen molar-refractivity contribution in [3.8, 4) is 0 Å². The molecule has 0 bridgehead atoms. The number of rotatable bonds is 4. The molecule has 1 aliphatic rings. The third kappa shape index (κ3) is 3.11. The number of sulfonamides is 1. The molecule has 0 radical (unpaired) electrons. The Hall–Kier alpha value is -1.70. The van der Waals surface area contributed by atoms with Crippen molar-refractivity contribution in [3.05, 3.63) is 47.4 Å². The van der Waals surface area contributed by atoms with Crippen LogP contribution in [0.15, 0.2) is 41.7 Å². The molecule has 2 heterocycles. The van der Waals surface area contributed by atoms with Crippen LogP contribution in [0.1, 0.15) is 23.2 Å². The molecule has 0 spiro atoms. The number of ketones is 1.